The van der Waals surface area contributed by atoms with E-state index in [9.17, 15) is 13.7 Å². The fourth-order valence-electron chi connectivity index (χ4n) is 2.79. The number of rotatable bonds is 3. The molecule has 0 N–H and O–H groups in total. The van der Waals surface area contributed by atoms with Crippen molar-refractivity contribution in [2.24, 2.45) is 5.92 Å². The molecule has 0 heterocycles. The average molecular weight is 332 g/mol. The highest BCUT2D eigenvalue weighted by Crippen LogP contribution is 2.53. The zero-order chi connectivity index (χ0) is 15.9. The molecule has 2 aromatic rings. The van der Waals surface area contributed by atoms with E-state index in [0.717, 1.165) is 11.1 Å². The molecule has 0 unspecified atom stereocenters. The van der Waals surface area contributed by atoms with Crippen LogP contribution in [0.15, 0.2) is 53.4 Å². The van der Waals surface area contributed by atoms with Crippen molar-refractivity contribution in [3.05, 3.63) is 64.7 Å². The molecule has 112 valence electrons. The summed E-state index contributed by atoms with van der Waals surface area (Å²) in [7, 11) is -3.51. The quantitative estimate of drug-likeness (QED) is 0.861. The lowest BCUT2D eigenvalue weighted by molar-refractivity contribution is 0.593. The monoisotopic (exact) mass is 331 g/mol. The second kappa shape index (κ2) is 5.42. The first kappa shape index (κ1) is 15.1. The van der Waals surface area contributed by atoms with Crippen molar-refractivity contribution in [2.45, 2.75) is 23.0 Å². The van der Waals surface area contributed by atoms with Crippen LogP contribution in [0.1, 0.15) is 17.0 Å². The van der Waals surface area contributed by atoms with Gasteiger partial charge in [-0.05, 0) is 36.8 Å². The second-order valence-corrected chi connectivity index (χ2v) is 8.10. The first-order chi connectivity index (χ1) is 10.4. The van der Waals surface area contributed by atoms with Gasteiger partial charge in [0.15, 0.2) is 9.84 Å². The normalized spacial score (nSPS) is 23.8. The summed E-state index contributed by atoms with van der Waals surface area (Å²) < 4.78 is 25.5. The summed E-state index contributed by atoms with van der Waals surface area (Å²) in [5.41, 5.74) is 1.84. The molecule has 1 fully saturated rings. The number of benzene rings is 2. The van der Waals surface area contributed by atoms with Gasteiger partial charge in [-0.15, -0.1) is 0 Å². The predicted octanol–water partition coefficient (Wildman–Crippen LogP) is 3.73. The van der Waals surface area contributed by atoms with Crippen molar-refractivity contribution in [1.82, 2.24) is 0 Å². The number of aryl methyl sites for hydroxylation is 1. The van der Waals surface area contributed by atoms with Gasteiger partial charge in [0.1, 0.15) is 0 Å². The summed E-state index contributed by atoms with van der Waals surface area (Å²) in [5.74, 6) is -0.791. The van der Waals surface area contributed by atoms with E-state index in [1.54, 1.807) is 48.5 Å². The molecule has 0 bridgehead atoms. The van der Waals surface area contributed by atoms with E-state index in [0.29, 0.717) is 5.02 Å². The number of nitrogens with zero attached hydrogens (tertiary/aromatic N) is 1. The Morgan fingerprint density at radius 1 is 1.05 bits per heavy atom. The lowest BCUT2D eigenvalue weighted by Crippen LogP contribution is -2.10. The van der Waals surface area contributed by atoms with Gasteiger partial charge >= 0.3 is 0 Å². The minimum atomic E-state index is -3.51. The molecular weight excluding hydrogens is 318 g/mol. The Morgan fingerprint density at radius 3 is 2.18 bits per heavy atom. The molecule has 3 nitrogen and oxygen atoms in total. The third-order valence-corrected chi connectivity index (χ3v) is 6.55. The number of nitriles is 1. The van der Waals surface area contributed by atoms with E-state index >= 15 is 0 Å². The van der Waals surface area contributed by atoms with Crippen molar-refractivity contribution in [3.63, 3.8) is 0 Å². The Balaban J connectivity index is 1.95. The highest BCUT2D eigenvalue weighted by atomic mass is 35.5. The van der Waals surface area contributed by atoms with Gasteiger partial charge in [0, 0.05) is 10.9 Å². The minimum absolute atomic E-state index is 0.278. The summed E-state index contributed by atoms with van der Waals surface area (Å²) in [6.07, 6.45) is 0. The van der Waals surface area contributed by atoms with Crippen LogP contribution in [0.5, 0.6) is 0 Å². The summed E-state index contributed by atoms with van der Waals surface area (Å²) in [6.45, 7) is 1.90. The number of hydrogen-bond donors (Lipinski definition) is 0. The Morgan fingerprint density at radius 2 is 1.64 bits per heavy atom. The molecule has 0 amide bonds. The highest BCUT2D eigenvalue weighted by Gasteiger charge is 2.59. The molecule has 0 spiro atoms. The largest absolute Gasteiger partial charge is 0.223 e. The number of hydrogen-bond acceptors (Lipinski definition) is 3. The van der Waals surface area contributed by atoms with Crippen LogP contribution < -0.4 is 0 Å². The zero-order valence-corrected chi connectivity index (χ0v) is 13.5. The third-order valence-electron chi connectivity index (χ3n) is 4.07. The van der Waals surface area contributed by atoms with Gasteiger partial charge in [-0.25, -0.2) is 8.42 Å². The smallest absolute Gasteiger partial charge is 0.183 e. The van der Waals surface area contributed by atoms with Crippen LogP contribution in [0.4, 0.5) is 0 Å². The van der Waals surface area contributed by atoms with Gasteiger partial charge in [-0.3, -0.25) is 0 Å². The van der Waals surface area contributed by atoms with Gasteiger partial charge in [-0.1, -0.05) is 41.4 Å². The van der Waals surface area contributed by atoms with Crippen molar-refractivity contribution < 1.29 is 8.42 Å². The van der Waals surface area contributed by atoms with E-state index in [2.05, 4.69) is 6.07 Å². The minimum Gasteiger partial charge on any atom is -0.223 e. The molecule has 5 heteroatoms. The second-order valence-electron chi connectivity index (χ2n) is 5.55. The first-order valence-corrected chi connectivity index (χ1v) is 8.83. The molecule has 3 rings (SSSR count). The van der Waals surface area contributed by atoms with Crippen LogP contribution in [0, 0.1) is 24.2 Å². The fourth-order valence-corrected chi connectivity index (χ4v) is 4.98. The molecule has 0 radical (unpaired) electrons. The first-order valence-electron chi connectivity index (χ1n) is 6.91. The van der Waals surface area contributed by atoms with Gasteiger partial charge in [0.05, 0.1) is 22.1 Å². The topological polar surface area (TPSA) is 57.9 Å². The van der Waals surface area contributed by atoms with Gasteiger partial charge < -0.3 is 0 Å². The summed E-state index contributed by atoms with van der Waals surface area (Å²) in [6, 6.07) is 15.9. The van der Waals surface area contributed by atoms with Crippen LogP contribution in [-0.2, 0) is 9.84 Å². The maximum atomic E-state index is 12.7. The van der Waals surface area contributed by atoms with E-state index in [1.807, 2.05) is 6.92 Å². The van der Waals surface area contributed by atoms with Gasteiger partial charge in [0.25, 0.3) is 0 Å². The molecular formula is C17H14ClNO2S. The molecule has 0 aromatic heterocycles. The van der Waals surface area contributed by atoms with Crippen LogP contribution in [0.2, 0.25) is 5.02 Å². The van der Waals surface area contributed by atoms with E-state index in [4.69, 9.17) is 11.6 Å². The maximum absolute atomic E-state index is 12.7. The van der Waals surface area contributed by atoms with Crippen LogP contribution >= 0.6 is 11.6 Å². The average Bonchev–Trinajstić information content (AvgIpc) is 3.24. The van der Waals surface area contributed by atoms with Crippen LogP contribution in [0.25, 0.3) is 0 Å². The summed E-state index contributed by atoms with van der Waals surface area (Å²) in [5, 5.41) is 9.19. The Hall–Kier alpha value is -1.83. The Labute approximate surface area is 135 Å². The highest BCUT2D eigenvalue weighted by molar-refractivity contribution is 7.92. The van der Waals surface area contributed by atoms with E-state index in [-0.39, 0.29) is 10.8 Å². The van der Waals surface area contributed by atoms with Gasteiger partial charge in [-0.2, -0.15) is 5.26 Å². The summed E-state index contributed by atoms with van der Waals surface area (Å²) in [4.78, 5) is 0.278. The molecule has 1 aliphatic carbocycles. The molecule has 2 aromatic carbocycles. The molecule has 0 saturated heterocycles. The molecule has 1 saturated carbocycles. The standard InChI is InChI=1S/C17H14ClNO2S/c1-11-2-8-14(9-3-11)22(20,21)17-15(10-19)16(17)12-4-6-13(18)7-5-12/h2-9,15-17H,1H3/t15-,16-,17+/m0/s1. The molecule has 3 atom stereocenters. The summed E-state index contributed by atoms with van der Waals surface area (Å²) >= 11 is 5.86. The van der Waals surface area contributed by atoms with E-state index in [1.165, 1.54) is 0 Å². The molecule has 0 aliphatic heterocycles. The lowest BCUT2D eigenvalue weighted by atomic mass is 10.1. The van der Waals surface area contributed by atoms with Crippen LogP contribution in [0.3, 0.4) is 0 Å². The molecule has 1 aliphatic rings. The van der Waals surface area contributed by atoms with E-state index < -0.39 is 21.0 Å². The third kappa shape index (κ3) is 2.51. The van der Waals surface area contributed by atoms with Crippen molar-refractivity contribution in [3.8, 4) is 6.07 Å². The Kier molecular flexibility index (Phi) is 3.72. The van der Waals surface area contributed by atoms with Crippen molar-refractivity contribution >= 4 is 21.4 Å². The number of sulfone groups is 1. The molecule has 22 heavy (non-hydrogen) atoms. The zero-order valence-electron chi connectivity index (χ0n) is 11.9. The lowest BCUT2D eigenvalue weighted by Gasteiger charge is -2.04. The maximum Gasteiger partial charge on any atom is 0.183 e. The van der Waals surface area contributed by atoms with Crippen LogP contribution in [-0.4, -0.2) is 13.7 Å². The fraction of sp³-hybridized carbons (Fsp3) is 0.235. The van der Waals surface area contributed by atoms with Gasteiger partial charge in [0.2, 0.25) is 0 Å². The predicted molar refractivity (Wildman–Crippen MR) is 85.4 cm³/mol. The van der Waals surface area contributed by atoms with Crippen molar-refractivity contribution in [1.29, 1.82) is 5.26 Å². The SMILES string of the molecule is Cc1ccc(S(=O)(=O)[C@@H]2[C@@H](C#N)[C@@H]2c2ccc(Cl)cc2)cc1. The number of halogens is 1. The van der Waals surface area contributed by atoms with Crippen molar-refractivity contribution in [2.75, 3.05) is 0 Å². The Bertz CT molecular complexity index is 836.